The molecule has 0 aliphatic carbocycles. The standard InChI is InChI=1S/C24H23N3OS/c1-29-17-23-25-21-13-7-8-14-22(21)27(23)16-24(28)26-20-12-6-5-11-19(20)15-18-9-3-2-4-10-18/h2-14H,15-17H2,1H3,(H,26,28). The van der Waals surface area contributed by atoms with E-state index in [1.165, 1.54) is 5.56 Å². The number of carbonyl (C=O) groups excluding carboxylic acids is 1. The molecule has 0 radical (unpaired) electrons. The molecule has 0 saturated carbocycles. The molecule has 0 aliphatic rings. The Hall–Kier alpha value is -3.05. The number of aromatic nitrogens is 2. The van der Waals surface area contributed by atoms with E-state index in [-0.39, 0.29) is 12.5 Å². The number of anilines is 1. The molecule has 3 aromatic carbocycles. The number of hydrogen-bond donors (Lipinski definition) is 1. The predicted molar refractivity (Wildman–Crippen MR) is 121 cm³/mol. The van der Waals surface area contributed by atoms with Crippen LogP contribution in [0.3, 0.4) is 0 Å². The average Bonchev–Trinajstić information content (AvgIpc) is 3.08. The van der Waals surface area contributed by atoms with E-state index in [1.807, 2.05) is 71.5 Å². The molecular weight excluding hydrogens is 378 g/mol. The molecule has 0 aliphatic heterocycles. The average molecular weight is 402 g/mol. The lowest BCUT2D eigenvalue weighted by atomic mass is 10.0. The lowest BCUT2D eigenvalue weighted by Gasteiger charge is -2.13. The number of hydrogen-bond acceptors (Lipinski definition) is 3. The molecule has 5 heteroatoms. The van der Waals surface area contributed by atoms with Crippen LogP contribution >= 0.6 is 11.8 Å². The summed E-state index contributed by atoms with van der Waals surface area (Å²) in [5.74, 6) is 1.65. The summed E-state index contributed by atoms with van der Waals surface area (Å²) in [6, 6.07) is 26.2. The maximum atomic E-state index is 12.9. The highest BCUT2D eigenvalue weighted by atomic mass is 32.2. The van der Waals surface area contributed by atoms with Gasteiger partial charge in [-0.2, -0.15) is 11.8 Å². The van der Waals surface area contributed by atoms with Crippen molar-refractivity contribution in [2.45, 2.75) is 18.7 Å². The van der Waals surface area contributed by atoms with E-state index in [0.29, 0.717) is 0 Å². The summed E-state index contributed by atoms with van der Waals surface area (Å²) >= 11 is 1.70. The van der Waals surface area contributed by atoms with Crippen LogP contribution in [0.25, 0.3) is 11.0 Å². The van der Waals surface area contributed by atoms with Crippen LogP contribution in [-0.4, -0.2) is 21.7 Å². The molecule has 0 saturated heterocycles. The van der Waals surface area contributed by atoms with Gasteiger partial charge in [0.25, 0.3) is 0 Å². The Kier molecular flexibility index (Phi) is 5.96. The second kappa shape index (κ2) is 8.97. The largest absolute Gasteiger partial charge is 0.324 e. The van der Waals surface area contributed by atoms with Gasteiger partial charge < -0.3 is 9.88 Å². The van der Waals surface area contributed by atoms with Crippen molar-refractivity contribution in [1.29, 1.82) is 0 Å². The van der Waals surface area contributed by atoms with Crippen LogP contribution in [0, 0.1) is 0 Å². The molecule has 0 fully saturated rings. The molecule has 0 bridgehead atoms. The number of nitrogens with zero attached hydrogens (tertiary/aromatic N) is 2. The van der Waals surface area contributed by atoms with Gasteiger partial charge in [-0.1, -0.05) is 60.7 Å². The highest BCUT2D eigenvalue weighted by Crippen LogP contribution is 2.21. The van der Waals surface area contributed by atoms with Crippen molar-refractivity contribution in [3.05, 3.63) is 95.8 Å². The topological polar surface area (TPSA) is 46.9 Å². The second-order valence-corrected chi connectivity index (χ2v) is 7.77. The SMILES string of the molecule is CSCc1nc2ccccc2n1CC(=O)Nc1ccccc1Cc1ccccc1. The minimum atomic E-state index is -0.0454. The number of benzene rings is 3. The van der Waals surface area contributed by atoms with Crippen LogP contribution in [0.5, 0.6) is 0 Å². The van der Waals surface area contributed by atoms with E-state index < -0.39 is 0 Å². The van der Waals surface area contributed by atoms with Crippen LogP contribution in [0.1, 0.15) is 17.0 Å². The Morgan fingerprint density at radius 2 is 1.69 bits per heavy atom. The van der Waals surface area contributed by atoms with Gasteiger partial charge in [0.15, 0.2) is 0 Å². The number of para-hydroxylation sites is 3. The molecule has 1 amide bonds. The van der Waals surface area contributed by atoms with Gasteiger partial charge in [0.2, 0.25) is 5.91 Å². The summed E-state index contributed by atoms with van der Waals surface area (Å²) in [5.41, 5.74) is 5.10. The van der Waals surface area contributed by atoms with Crippen LogP contribution in [0.15, 0.2) is 78.9 Å². The van der Waals surface area contributed by atoms with Gasteiger partial charge in [0.05, 0.1) is 16.8 Å². The van der Waals surface area contributed by atoms with E-state index in [0.717, 1.165) is 40.3 Å². The molecule has 1 heterocycles. The maximum absolute atomic E-state index is 12.9. The maximum Gasteiger partial charge on any atom is 0.244 e. The molecular formula is C24H23N3OS. The minimum Gasteiger partial charge on any atom is -0.324 e. The lowest BCUT2D eigenvalue weighted by Crippen LogP contribution is -2.20. The summed E-state index contributed by atoms with van der Waals surface area (Å²) in [5, 5.41) is 3.11. The Bertz CT molecular complexity index is 1120. The van der Waals surface area contributed by atoms with E-state index in [9.17, 15) is 4.79 Å². The molecule has 4 rings (SSSR count). The smallest absolute Gasteiger partial charge is 0.244 e. The van der Waals surface area contributed by atoms with Crippen molar-refractivity contribution in [3.63, 3.8) is 0 Å². The van der Waals surface area contributed by atoms with E-state index >= 15 is 0 Å². The zero-order chi connectivity index (χ0) is 20.1. The van der Waals surface area contributed by atoms with Gasteiger partial charge in [-0.3, -0.25) is 4.79 Å². The number of carbonyl (C=O) groups is 1. The van der Waals surface area contributed by atoms with Crippen molar-refractivity contribution < 1.29 is 4.79 Å². The number of amides is 1. The van der Waals surface area contributed by atoms with Gasteiger partial charge in [0, 0.05) is 5.69 Å². The molecule has 29 heavy (non-hydrogen) atoms. The molecule has 4 aromatic rings. The monoisotopic (exact) mass is 401 g/mol. The van der Waals surface area contributed by atoms with Crippen LogP contribution in [0.2, 0.25) is 0 Å². The van der Waals surface area contributed by atoms with Gasteiger partial charge in [0.1, 0.15) is 12.4 Å². The molecule has 1 aromatic heterocycles. The Morgan fingerprint density at radius 1 is 0.966 bits per heavy atom. The molecule has 4 nitrogen and oxygen atoms in total. The number of thioether (sulfide) groups is 1. The van der Waals surface area contributed by atoms with Crippen molar-refractivity contribution >= 4 is 34.4 Å². The summed E-state index contributed by atoms with van der Waals surface area (Å²) in [7, 11) is 0. The molecule has 146 valence electrons. The third-order valence-corrected chi connectivity index (χ3v) is 5.38. The number of fused-ring (bicyclic) bond motifs is 1. The Balaban J connectivity index is 1.55. The lowest BCUT2D eigenvalue weighted by molar-refractivity contribution is -0.116. The zero-order valence-electron chi connectivity index (χ0n) is 16.3. The Morgan fingerprint density at radius 3 is 2.52 bits per heavy atom. The van der Waals surface area contributed by atoms with Gasteiger partial charge in [-0.25, -0.2) is 4.98 Å². The number of rotatable bonds is 7. The summed E-state index contributed by atoms with van der Waals surface area (Å²) in [4.78, 5) is 17.6. The fraction of sp³-hybridized carbons (Fsp3) is 0.167. The highest BCUT2D eigenvalue weighted by Gasteiger charge is 2.14. The Labute approximate surface area is 175 Å². The third kappa shape index (κ3) is 4.51. The summed E-state index contributed by atoms with van der Waals surface area (Å²) < 4.78 is 2.01. The zero-order valence-corrected chi connectivity index (χ0v) is 17.2. The fourth-order valence-corrected chi connectivity index (χ4v) is 3.97. The normalized spacial score (nSPS) is 10.9. The molecule has 1 N–H and O–H groups in total. The number of nitrogens with one attached hydrogen (secondary N) is 1. The van der Waals surface area contributed by atoms with Gasteiger partial charge in [-0.05, 0) is 42.0 Å². The van der Waals surface area contributed by atoms with Crippen molar-refractivity contribution in [2.75, 3.05) is 11.6 Å². The van der Waals surface area contributed by atoms with Gasteiger partial charge in [-0.15, -0.1) is 0 Å². The van der Waals surface area contributed by atoms with E-state index in [1.54, 1.807) is 11.8 Å². The quantitative estimate of drug-likeness (QED) is 0.467. The first kappa shape index (κ1) is 19.3. The van der Waals surface area contributed by atoms with E-state index in [2.05, 4.69) is 23.5 Å². The summed E-state index contributed by atoms with van der Waals surface area (Å²) in [6.45, 7) is 0.246. The highest BCUT2D eigenvalue weighted by molar-refractivity contribution is 7.97. The first-order chi connectivity index (χ1) is 14.2. The van der Waals surface area contributed by atoms with E-state index in [4.69, 9.17) is 4.98 Å². The first-order valence-electron chi connectivity index (χ1n) is 9.59. The molecule has 0 atom stereocenters. The van der Waals surface area contributed by atoms with Crippen molar-refractivity contribution in [1.82, 2.24) is 9.55 Å². The molecule has 0 unspecified atom stereocenters. The second-order valence-electron chi connectivity index (χ2n) is 6.90. The van der Waals surface area contributed by atoms with Gasteiger partial charge >= 0.3 is 0 Å². The van der Waals surface area contributed by atoms with Crippen LogP contribution in [-0.2, 0) is 23.5 Å². The first-order valence-corrected chi connectivity index (χ1v) is 11.0. The predicted octanol–water partition coefficient (Wildman–Crippen LogP) is 5.13. The fourth-order valence-electron chi connectivity index (χ4n) is 3.49. The van der Waals surface area contributed by atoms with Crippen molar-refractivity contribution in [3.8, 4) is 0 Å². The van der Waals surface area contributed by atoms with Crippen molar-refractivity contribution in [2.24, 2.45) is 0 Å². The molecule has 0 spiro atoms. The van der Waals surface area contributed by atoms with Crippen LogP contribution < -0.4 is 5.32 Å². The number of imidazole rings is 1. The van der Waals surface area contributed by atoms with Crippen LogP contribution in [0.4, 0.5) is 5.69 Å². The minimum absolute atomic E-state index is 0.0454. The third-order valence-electron chi connectivity index (χ3n) is 4.84. The summed E-state index contributed by atoms with van der Waals surface area (Å²) in [6.07, 6.45) is 2.83.